The fourth-order valence-electron chi connectivity index (χ4n) is 1.23. The first-order chi connectivity index (χ1) is 7.63. The normalized spacial score (nSPS) is 10.9. The Morgan fingerprint density at radius 2 is 2.00 bits per heavy atom. The van der Waals surface area contributed by atoms with E-state index in [0.717, 1.165) is 0 Å². The van der Waals surface area contributed by atoms with Crippen LogP contribution in [0.15, 0.2) is 16.6 Å². The molecule has 1 aromatic rings. The van der Waals surface area contributed by atoms with Gasteiger partial charge in [-0.2, -0.15) is 0 Å². The average Bonchev–Trinajstić information content (AvgIpc) is 2.31. The summed E-state index contributed by atoms with van der Waals surface area (Å²) < 4.78 is 14.1. The minimum atomic E-state index is -0.579. The molecule has 0 aromatic heterocycles. The largest absolute Gasteiger partial charge is 0.394 e. The minimum absolute atomic E-state index is 0.220. The number of hydrogen-bond donors (Lipinski definition) is 4. The van der Waals surface area contributed by atoms with E-state index in [4.69, 9.17) is 15.9 Å². The molecule has 0 aliphatic carbocycles. The highest BCUT2D eigenvalue weighted by molar-refractivity contribution is 9.10. The summed E-state index contributed by atoms with van der Waals surface area (Å²) >= 11 is 3.10. The summed E-state index contributed by atoms with van der Waals surface area (Å²) in [6.45, 7) is -0.306. The van der Waals surface area contributed by atoms with E-state index < -0.39 is 11.9 Å². The van der Waals surface area contributed by atoms with Crippen molar-refractivity contribution in [1.29, 1.82) is 0 Å². The summed E-state index contributed by atoms with van der Waals surface area (Å²) in [7, 11) is 0. The molecule has 0 spiro atoms. The zero-order valence-corrected chi connectivity index (χ0v) is 10.2. The zero-order valence-electron chi connectivity index (χ0n) is 8.58. The zero-order chi connectivity index (χ0) is 12.1. The van der Waals surface area contributed by atoms with Gasteiger partial charge in [0.2, 0.25) is 0 Å². The Morgan fingerprint density at radius 3 is 2.50 bits per heavy atom. The molecule has 0 saturated heterocycles. The molecular weight excluding hydrogens is 279 g/mol. The molecule has 0 saturated carbocycles. The van der Waals surface area contributed by atoms with Gasteiger partial charge in [-0.25, -0.2) is 4.39 Å². The van der Waals surface area contributed by atoms with E-state index >= 15 is 0 Å². The van der Waals surface area contributed by atoms with E-state index in [-0.39, 0.29) is 25.4 Å². The number of anilines is 1. The molecule has 4 nitrogen and oxygen atoms in total. The molecule has 0 fully saturated rings. The van der Waals surface area contributed by atoms with Crippen LogP contribution in [-0.4, -0.2) is 29.5 Å². The summed E-state index contributed by atoms with van der Waals surface area (Å²) in [4.78, 5) is 0. The first kappa shape index (κ1) is 13.4. The lowest BCUT2D eigenvalue weighted by Gasteiger charge is -2.16. The first-order valence-corrected chi connectivity index (χ1v) is 5.58. The number of halogens is 2. The van der Waals surface area contributed by atoms with E-state index in [1.165, 1.54) is 6.07 Å². The van der Waals surface area contributed by atoms with Crippen LogP contribution >= 0.6 is 15.9 Å². The minimum Gasteiger partial charge on any atom is -0.394 e. The van der Waals surface area contributed by atoms with Gasteiger partial charge in [0.15, 0.2) is 5.82 Å². The molecule has 6 heteroatoms. The van der Waals surface area contributed by atoms with Crippen LogP contribution in [0.2, 0.25) is 0 Å². The van der Waals surface area contributed by atoms with Gasteiger partial charge in [0.05, 0.1) is 29.4 Å². The number of nitrogens with one attached hydrogen (secondary N) is 1. The van der Waals surface area contributed by atoms with Gasteiger partial charge < -0.3 is 21.3 Å². The van der Waals surface area contributed by atoms with Crippen LogP contribution < -0.4 is 11.1 Å². The molecule has 0 amide bonds. The molecule has 1 aromatic carbocycles. The van der Waals surface area contributed by atoms with E-state index in [2.05, 4.69) is 21.2 Å². The van der Waals surface area contributed by atoms with Crippen molar-refractivity contribution >= 4 is 21.6 Å². The van der Waals surface area contributed by atoms with Crippen LogP contribution in [0.1, 0.15) is 5.56 Å². The highest BCUT2D eigenvalue weighted by Crippen LogP contribution is 2.27. The lowest BCUT2D eigenvalue weighted by atomic mass is 10.2. The molecule has 0 bridgehead atoms. The third kappa shape index (κ3) is 2.91. The summed E-state index contributed by atoms with van der Waals surface area (Å²) in [6.07, 6.45) is 0. The van der Waals surface area contributed by atoms with Gasteiger partial charge >= 0.3 is 0 Å². The van der Waals surface area contributed by atoms with Crippen molar-refractivity contribution in [2.75, 3.05) is 18.5 Å². The third-order valence-electron chi connectivity index (χ3n) is 2.18. The number of benzene rings is 1. The van der Waals surface area contributed by atoms with E-state index in [9.17, 15) is 4.39 Å². The first-order valence-electron chi connectivity index (χ1n) is 4.79. The van der Waals surface area contributed by atoms with Gasteiger partial charge in [-0.05, 0) is 27.6 Å². The highest BCUT2D eigenvalue weighted by Gasteiger charge is 2.13. The highest BCUT2D eigenvalue weighted by atomic mass is 79.9. The quantitative estimate of drug-likeness (QED) is 0.648. The Bertz CT molecular complexity index is 359. The van der Waals surface area contributed by atoms with Crippen molar-refractivity contribution < 1.29 is 14.6 Å². The second-order valence-corrected chi connectivity index (χ2v) is 4.10. The maximum Gasteiger partial charge on any atom is 0.160 e. The number of nitrogens with two attached hydrogens (primary N) is 1. The number of aliphatic hydroxyl groups is 2. The van der Waals surface area contributed by atoms with Crippen LogP contribution in [0, 0.1) is 5.82 Å². The van der Waals surface area contributed by atoms with Gasteiger partial charge in [0, 0.05) is 6.54 Å². The van der Waals surface area contributed by atoms with Crippen molar-refractivity contribution in [1.82, 2.24) is 0 Å². The van der Waals surface area contributed by atoms with Crippen LogP contribution in [0.3, 0.4) is 0 Å². The standard InChI is InChI=1S/C10H14BrFN2O2/c11-9-6(3-13)1-2-8(10(9)12)14-7(4-15)5-16/h1-2,7,14-16H,3-5,13H2. The molecule has 90 valence electrons. The fourth-order valence-corrected chi connectivity index (χ4v) is 1.74. The summed E-state index contributed by atoms with van der Waals surface area (Å²) in [6, 6.07) is 2.63. The molecule has 0 heterocycles. The van der Waals surface area contributed by atoms with Crippen LogP contribution in [0.4, 0.5) is 10.1 Å². The third-order valence-corrected chi connectivity index (χ3v) is 3.04. The van der Waals surface area contributed by atoms with E-state index in [0.29, 0.717) is 10.0 Å². The molecule has 0 atom stereocenters. The van der Waals surface area contributed by atoms with Crippen LogP contribution in [-0.2, 0) is 6.54 Å². The fraction of sp³-hybridized carbons (Fsp3) is 0.400. The molecule has 1 rings (SSSR count). The Morgan fingerprint density at radius 1 is 1.38 bits per heavy atom. The van der Waals surface area contributed by atoms with Gasteiger partial charge in [0.1, 0.15) is 0 Å². The molecule has 16 heavy (non-hydrogen) atoms. The van der Waals surface area contributed by atoms with Gasteiger partial charge in [-0.1, -0.05) is 6.07 Å². The Labute approximate surface area is 101 Å². The monoisotopic (exact) mass is 292 g/mol. The van der Waals surface area contributed by atoms with Crippen molar-refractivity contribution in [3.8, 4) is 0 Å². The van der Waals surface area contributed by atoms with E-state index in [1.54, 1.807) is 6.07 Å². The number of rotatable bonds is 5. The second kappa shape index (κ2) is 6.15. The number of aliphatic hydroxyl groups excluding tert-OH is 2. The summed E-state index contributed by atoms with van der Waals surface area (Å²) in [5.41, 5.74) is 6.31. The molecule has 0 unspecified atom stereocenters. The maximum atomic E-state index is 13.8. The smallest absolute Gasteiger partial charge is 0.160 e. The Balaban J connectivity index is 2.94. The van der Waals surface area contributed by atoms with Gasteiger partial charge in [-0.15, -0.1) is 0 Å². The van der Waals surface area contributed by atoms with Crippen LogP contribution in [0.25, 0.3) is 0 Å². The molecular formula is C10H14BrFN2O2. The predicted octanol–water partition coefficient (Wildman–Crippen LogP) is 0.812. The van der Waals surface area contributed by atoms with Crippen molar-refractivity contribution in [3.63, 3.8) is 0 Å². The molecule has 0 radical (unpaired) electrons. The predicted molar refractivity (Wildman–Crippen MR) is 63.6 cm³/mol. The van der Waals surface area contributed by atoms with Crippen molar-refractivity contribution in [3.05, 3.63) is 28.0 Å². The average molecular weight is 293 g/mol. The van der Waals surface area contributed by atoms with Gasteiger partial charge in [-0.3, -0.25) is 0 Å². The Hall–Kier alpha value is -0.690. The SMILES string of the molecule is NCc1ccc(NC(CO)CO)c(F)c1Br. The summed E-state index contributed by atoms with van der Waals surface area (Å²) in [5, 5.41) is 20.4. The second-order valence-electron chi connectivity index (χ2n) is 3.31. The Kier molecular flexibility index (Phi) is 5.14. The summed E-state index contributed by atoms with van der Waals surface area (Å²) in [5.74, 6) is -0.477. The van der Waals surface area contributed by atoms with Crippen molar-refractivity contribution in [2.45, 2.75) is 12.6 Å². The maximum absolute atomic E-state index is 13.8. The lowest BCUT2D eigenvalue weighted by Crippen LogP contribution is -2.28. The molecule has 0 aliphatic heterocycles. The van der Waals surface area contributed by atoms with Crippen LogP contribution in [0.5, 0.6) is 0 Å². The number of hydrogen-bond acceptors (Lipinski definition) is 4. The van der Waals surface area contributed by atoms with Crippen molar-refractivity contribution in [2.24, 2.45) is 5.73 Å². The lowest BCUT2D eigenvalue weighted by molar-refractivity contribution is 0.203. The molecule has 5 N–H and O–H groups in total. The van der Waals surface area contributed by atoms with E-state index in [1.807, 2.05) is 0 Å². The topological polar surface area (TPSA) is 78.5 Å². The van der Waals surface area contributed by atoms with Gasteiger partial charge in [0.25, 0.3) is 0 Å². The molecule has 0 aliphatic rings.